The molecule has 1 heterocycles. The molecule has 0 radical (unpaired) electrons. The van der Waals surface area contributed by atoms with Gasteiger partial charge in [-0.1, -0.05) is 13.5 Å². The third-order valence-corrected chi connectivity index (χ3v) is 3.36. The largest absolute Gasteiger partial charge is 0.497 e. The molecule has 0 bridgehead atoms. The maximum absolute atomic E-state index is 12.1. The van der Waals surface area contributed by atoms with Gasteiger partial charge in [-0.2, -0.15) is 0 Å². The number of carbonyl (C=O) groups excluding carboxylic acids is 2. The van der Waals surface area contributed by atoms with Crippen molar-refractivity contribution in [1.29, 1.82) is 0 Å². The fourth-order valence-electron chi connectivity index (χ4n) is 2.28. The molecule has 1 aliphatic heterocycles. The van der Waals surface area contributed by atoms with Crippen LogP contribution < -0.4 is 15.0 Å². The third kappa shape index (κ3) is 3.13. The van der Waals surface area contributed by atoms with E-state index in [4.69, 9.17) is 4.74 Å². The summed E-state index contributed by atoms with van der Waals surface area (Å²) in [6, 6.07) is 5.09. The first kappa shape index (κ1) is 15.3. The van der Waals surface area contributed by atoms with Crippen molar-refractivity contribution in [3.05, 3.63) is 35.9 Å². The minimum Gasteiger partial charge on any atom is -0.497 e. The average Bonchev–Trinajstić information content (AvgIpc) is 2.72. The highest BCUT2D eigenvalue weighted by atomic mass is 16.5. The molecule has 0 saturated heterocycles. The van der Waals surface area contributed by atoms with Crippen molar-refractivity contribution in [1.82, 2.24) is 5.32 Å². The molecule has 5 nitrogen and oxygen atoms in total. The molecule has 1 aromatic carbocycles. The summed E-state index contributed by atoms with van der Waals surface area (Å²) in [5.41, 5.74) is 1.89. The van der Waals surface area contributed by atoms with Crippen LogP contribution in [0.25, 0.3) is 0 Å². The lowest BCUT2D eigenvalue weighted by molar-refractivity contribution is -0.114. The monoisotopic (exact) mass is 288 g/mol. The van der Waals surface area contributed by atoms with Gasteiger partial charge in [-0.15, -0.1) is 0 Å². The lowest BCUT2D eigenvalue weighted by Gasteiger charge is -2.18. The van der Waals surface area contributed by atoms with Gasteiger partial charge in [-0.3, -0.25) is 9.59 Å². The number of benzene rings is 1. The van der Waals surface area contributed by atoms with Crippen LogP contribution in [0.1, 0.15) is 23.7 Å². The molecule has 0 spiro atoms. The molecule has 112 valence electrons. The highest BCUT2D eigenvalue weighted by Gasteiger charge is 2.36. The van der Waals surface area contributed by atoms with Crippen LogP contribution in [0.4, 0.5) is 5.69 Å². The van der Waals surface area contributed by atoms with Crippen molar-refractivity contribution in [3.8, 4) is 5.75 Å². The number of rotatable bonds is 7. The summed E-state index contributed by atoms with van der Waals surface area (Å²) >= 11 is 0. The van der Waals surface area contributed by atoms with Crippen LogP contribution in [-0.2, 0) is 4.79 Å². The first-order valence-corrected chi connectivity index (χ1v) is 7.00. The van der Waals surface area contributed by atoms with Gasteiger partial charge in [-0.05, 0) is 36.7 Å². The third-order valence-electron chi connectivity index (χ3n) is 3.36. The van der Waals surface area contributed by atoms with E-state index in [2.05, 4.69) is 18.8 Å². The Kier molecular flexibility index (Phi) is 4.75. The molecule has 0 saturated carbocycles. The number of nitrogens with zero attached hydrogens (tertiary/aromatic N) is 1. The highest BCUT2D eigenvalue weighted by molar-refractivity contribution is 6.52. The highest BCUT2D eigenvalue weighted by Crippen LogP contribution is 2.32. The SMILES string of the molecule is C=C(CNCCC)CN1C(=O)C(=O)c2cc(OC)ccc21. The summed E-state index contributed by atoms with van der Waals surface area (Å²) in [6.07, 6.45) is 1.04. The summed E-state index contributed by atoms with van der Waals surface area (Å²) in [5, 5.41) is 3.23. The van der Waals surface area contributed by atoms with Crippen LogP contribution in [0.2, 0.25) is 0 Å². The molecular formula is C16H20N2O3. The topological polar surface area (TPSA) is 58.6 Å². The number of ether oxygens (including phenoxy) is 1. The predicted molar refractivity (Wildman–Crippen MR) is 82.0 cm³/mol. The molecule has 1 N–H and O–H groups in total. The van der Waals surface area contributed by atoms with Gasteiger partial charge in [0.1, 0.15) is 5.75 Å². The number of ketones is 1. The molecule has 2 rings (SSSR count). The number of carbonyl (C=O) groups is 2. The fourth-order valence-corrected chi connectivity index (χ4v) is 2.28. The number of hydrogen-bond acceptors (Lipinski definition) is 4. The molecule has 1 aliphatic rings. The van der Waals surface area contributed by atoms with E-state index in [1.165, 1.54) is 12.0 Å². The molecule has 5 heteroatoms. The number of hydrogen-bond donors (Lipinski definition) is 1. The molecule has 0 aromatic heterocycles. The van der Waals surface area contributed by atoms with E-state index in [1.807, 2.05) is 0 Å². The maximum atomic E-state index is 12.1. The molecule has 0 fully saturated rings. The summed E-state index contributed by atoms with van der Waals surface area (Å²) in [6.45, 7) is 7.94. The molecule has 0 aliphatic carbocycles. The van der Waals surface area contributed by atoms with Crippen LogP contribution in [0.15, 0.2) is 30.4 Å². The average molecular weight is 288 g/mol. The van der Waals surface area contributed by atoms with Crippen molar-refractivity contribution in [2.24, 2.45) is 0 Å². The quantitative estimate of drug-likeness (QED) is 0.472. The van der Waals surface area contributed by atoms with Crippen molar-refractivity contribution in [2.75, 3.05) is 31.6 Å². The zero-order valence-electron chi connectivity index (χ0n) is 12.4. The van der Waals surface area contributed by atoms with E-state index in [-0.39, 0.29) is 0 Å². The number of anilines is 1. The van der Waals surface area contributed by atoms with Crippen molar-refractivity contribution >= 4 is 17.4 Å². The minimum atomic E-state index is -0.505. The predicted octanol–water partition coefficient (Wildman–Crippen LogP) is 1.78. The summed E-state index contributed by atoms with van der Waals surface area (Å²) in [4.78, 5) is 25.6. The Morgan fingerprint density at radius 2 is 2.14 bits per heavy atom. The Labute approximate surface area is 124 Å². The molecule has 1 aromatic rings. The lowest BCUT2D eigenvalue weighted by atomic mass is 10.1. The first-order valence-electron chi connectivity index (χ1n) is 7.00. The second-order valence-electron chi connectivity index (χ2n) is 5.03. The molecule has 0 atom stereocenters. The van der Waals surface area contributed by atoms with E-state index in [9.17, 15) is 9.59 Å². The second kappa shape index (κ2) is 6.54. The van der Waals surface area contributed by atoms with Crippen LogP contribution in [0.3, 0.4) is 0 Å². The smallest absolute Gasteiger partial charge is 0.299 e. The summed E-state index contributed by atoms with van der Waals surface area (Å²) in [7, 11) is 1.53. The summed E-state index contributed by atoms with van der Waals surface area (Å²) < 4.78 is 5.10. The van der Waals surface area contributed by atoms with E-state index < -0.39 is 11.7 Å². The van der Waals surface area contributed by atoms with Gasteiger partial charge in [-0.25, -0.2) is 0 Å². The zero-order valence-corrected chi connectivity index (χ0v) is 12.4. The van der Waals surface area contributed by atoms with Crippen molar-refractivity contribution in [3.63, 3.8) is 0 Å². The number of methoxy groups -OCH3 is 1. The molecule has 21 heavy (non-hydrogen) atoms. The fraction of sp³-hybridized carbons (Fsp3) is 0.375. The van der Waals surface area contributed by atoms with Gasteiger partial charge >= 0.3 is 0 Å². The van der Waals surface area contributed by atoms with E-state index in [0.717, 1.165) is 18.5 Å². The van der Waals surface area contributed by atoms with Crippen molar-refractivity contribution < 1.29 is 14.3 Å². The number of fused-ring (bicyclic) bond motifs is 1. The molecular weight excluding hydrogens is 268 g/mol. The van der Waals surface area contributed by atoms with Gasteiger partial charge in [0.2, 0.25) is 0 Å². The number of nitrogens with one attached hydrogen (secondary N) is 1. The van der Waals surface area contributed by atoms with E-state index >= 15 is 0 Å². The normalized spacial score (nSPS) is 13.5. The van der Waals surface area contributed by atoms with E-state index in [1.54, 1.807) is 18.2 Å². The van der Waals surface area contributed by atoms with Crippen LogP contribution >= 0.6 is 0 Å². The Bertz CT molecular complexity index is 581. The van der Waals surface area contributed by atoms with Gasteiger partial charge < -0.3 is 15.0 Å². The first-order chi connectivity index (χ1) is 10.1. The van der Waals surface area contributed by atoms with Crippen LogP contribution in [0.5, 0.6) is 5.75 Å². The van der Waals surface area contributed by atoms with Crippen molar-refractivity contribution in [2.45, 2.75) is 13.3 Å². The lowest BCUT2D eigenvalue weighted by Crippen LogP contribution is -2.33. The Morgan fingerprint density at radius 1 is 1.38 bits per heavy atom. The van der Waals surface area contributed by atoms with E-state index in [0.29, 0.717) is 30.1 Å². The Morgan fingerprint density at radius 3 is 2.81 bits per heavy atom. The molecule has 1 amide bonds. The number of amides is 1. The van der Waals surface area contributed by atoms with Gasteiger partial charge in [0.25, 0.3) is 11.7 Å². The Balaban J connectivity index is 2.14. The Hall–Kier alpha value is -2.14. The van der Waals surface area contributed by atoms with Gasteiger partial charge in [0, 0.05) is 13.1 Å². The number of Topliss-reactive ketones (excluding diaryl/α,β-unsaturated/α-hetero) is 1. The minimum absolute atomic E-state index is 0.348. The van der Waals surface area contributed by atoms with Crippen LogP contribution in [-0.4, -0.2) is 38.4 Å². The molecule has 0 unspecified atom stereocenters. The maximum Gasteiger partial charge on any atom is 0.299 e. The van der Waals surface area contributed by atoms with Crippen LogP contribution in [0, 0.1) is 0 Å². The zero-order chi connectivity index (χ0) is 15.4. The second-order valence-corrected chi connectivity index (χ2v) is 5.03. The van der Waals surface area contributed by atoms with Gasteiger partial charge in [0.15, 0.2) is 0 Å². The summed E-state index contributed by atoms with van der Waals surface area (Å²) in [5.74, 6) is -0.423. The standard InChI is InChI=1S/C16H20N2O3/c1-4-7-17-9-11(2)10-18-14-6-5-12(21-3)8-13(14)15(19)16(18)20/h5-6,8,17H,2,4,7,9-10H2,1,3H3. The van der Waals surface area contributed by atoms with Gasteiger partial charge in [0.05, 0.1) is 18.4 Å².